The van der Waals surface area contributed by atoms with Crippen molar-refractivity contribution >= 4 is 5.82 Å². The van der Waals surface area contributed by atoms with E-state index in [4.69, 9.17) is 0 Å². The summed E-state index contributed by atoms with van der Waals surface area (Å²) in [6.45, 7) is 5.65. The summed E-state index contributed by atoms with van der Waals surface area (Å²) in [7, 11) is 0. The van der Waals surface area contributed by atoms with Crippen molar-refractivity contribution in [2.75, 3.05) is 11.9 Å². The molecule has 1 aliphatic heterocycles. The molecule has 0 bridgehead atoms. The Morgan fingerprint density at radius 1 is 1.53 bits per heavy atom. The lowest BCUT2D eigenvalue weighted by atomic mass is 9.60. The molecule has 0 saturated heterocycles. The molecule has 1 aliphatic carbocycles. The van der Waals surface area contributed by atoms with Crippen LogP contribution in [0.2, 0.25) is 0 Å². The largest absolute Gasteiger partial charge is 0.369 e. The summed E-state index contributed by atoms with van der Waals surface area (Å²) < 4.78 is 0. The van der Waals surface area contributed by atoms with Crippen LogP contribution in [0.15, 0.2) is 12.3 Å². The molecule has 2 heteroatoms. The number of aryl methyl sites for hydroxylation is 1. The maximum atomic E-state index is 4.52. The minimum absolute atomic E-state index is 0.437. The minimum atomic E-state index is 0.437. The van der Waals surface area contributed by atoms with Gasteiger partial charge in [0.05, 0.1) is 0 Å². The lowest BCUT2D eigenvalue weighted by Gasteiger charge is -2.43. The van der Waals surface area contributed by atoms with Gasteiger partial charge in [0.1, 0.15) is 5.82 Å². The Morgan fingerprint density at radius 3 is 3.00 bits per heavy atom. The fraction of sp³-hybridized carbons (Fsp3) is 0.615. The Hall–Kier alpha value is -1.05. The van der Waals surface area contributed by atoms with Crippen molar-refractivity contribution in [1.82, 2.24) is 4.98 Å². The molecule has 1 N–H and O–H groups in total. The van der Waals surface area contributed by atoms with Crippen LogP contribution in [0.4, 0.5) is 5.82 Å². The topological polar surface area (TPSA) is 24.9 Å². The quantitative estimate of drug-likeness (QED) is 0.757. The predicted octanol–water partition coefficient (Wildman–Crippen LogP) is 2.74. The van der Waals surface area contributed by atoms with Gasteiger partial charge in [-0.1, -0.05) is 13.8 Å². The zero-order chi connectivity index (χ0) is 10.5. The van der Waals surface area contributed by atoms with Crippen LogP contribution in [0.5, 0.6) is 0 Å². The third-order valence-electron chi connectivity index (χ3n) is 4.00. The minimum Gasteiger partial charge on any atom is -0.369 e. The van der Waals surface area contributed by atoms with Crippen molar-refractivity contribution in [3.8, 4) is 0 Å². The first-order chi connectivity index (χ1) is 7.23. The summed E-state index contributed by atoms with van der Waals surface area (Å²) in [5, 5.41) is 3.45. The van der Waals surface area contributed by atoms with E-state index in [0.717, 1.165) is 24.7 Å². The molecule has 2 nitrogen and oxygen atoms in total. The van der Waals surface area contributed by atoms with E-state index in [-0.39, 0.29) is 0 Å². The van der Waals surface area contributed by atoms with Gasteiger partial charge in [0.2, 0.25) is 0 Å². The number of rotatable bonds is 1. The van der Waals surface area contributed by atoms with Crippen molar-refractivity contribution in [2.45, 2.75) is 38.5 Å². The second-order valence-electron chi connectivity index (χ2n) is 5.24. The summed E-state index contributed by atoms with van der Waals surface area (Å²) >= 11 is 0. The molecule has 0 radical (unpaired) electrons. The fourth-order valence-corrected chi connectivity index (χ4v) is 3.23. The standard InChI is InChI=1S/C13H18N2/c1-3-10-4-11-12(14-7-10)15-8-13(11)5-9(2)6-13/h4,7,9H,3,5-6,8H2,1-2H3,(H,14,15). The van der Waals surface area contributed by atoms with Gasteiger partial charge < -0.3 is 5.32 Å². The Balaban J connectivity index is 2.01. The van der Waals surface area contributed by atoms with E-state index in [1.807, 2.05) is 6.20 Å². The van der Waals surface area contributed by atoms with E-state index in [2.05, 4.69) is 30.2 Å². The Bertz CT molecular complexity index is 386. The zero-order valence-corrected chi connectivity index (χ0v) is 9.51. The van der Waals surface area contributed by atoms with E-state index < -0.39 is 0 Å². The molecule has 0 unspecified atom stereocenters. The first kappa shape index (κ1) is 9.20. The van der Waals surface area contributed by atoms with E-state index in [9.17, 15) is 0 Å². The second kappa shape index (κ2) is 2.97. The smallest absolute Gasteiger partial charge is 0.129 e. The monoisotopic (exact) mass is 202 g/mol. The predicted molar refractivity (Wildman–Crippen MR) is 62.2 cm³/mol. The molecular formula is C13H18N2. The highest BCUT2D eigenvalue weighted by atomic mass is 15.0. The van der Waals surface area contributed by atoms with Gasteiger partial charge in [-0.3, -0.25) is 0 Å². The average Bonchev–Trinajstić information content (AvgIpc) is 2.57. The van der Waals surface area contributed by atoms with Crippen LogP contribution in [0.1, 0.15) is 37.8 Å². The van der Waals surface area contributed by atoms with Gasteiger partial charge in [0.25, 0.3) is 0 Å². The summed E-state index contributed by atoms with van der Waals surface area (Å²) in [4.78, 5) is 4.52. The maximum absolute atomic E-state index is 4.52. The molecule has 1 saturated carbocycles. The van der Waals surface area contributed by atoms with Crippen LogP contribution in [0.3, 0.4) is 0 Å². The van der Waals surface area contributed by atoms with Crippen LogP contribution in [-0.4, -0.2) is 11.5 Å². The highest BCUT2D eigenvalue weighted by molar-refractivity contribution is 5.57. The zero-order valence-electron chi connectivity index (χ0n) is 9.51. The third kappa shape index (κ3) is 1.20. The number of nitrogens with one attached hydrogen (secondary N) is 1. The van der Waals surface area contributed by atoms with E-state index in [1.54, 1.807) is 0 Å². The summed E-state index contributed by atoms with van der Waals surface area (Å²) in [5.41, 5.74) is 3.30. The maximum Gasteiger partial charge on any atom is 0.129 e. The number of pyridine rings is 1. The highest BCUT2D eigenvalue weighted by Gasteiger charge is 2.48. The molecule has 2 aliphatic rings. The van der Waals surface area contributed by atoms with Gasteiger partial charge >= 0.3 is 0 Å². The first-order valence-corrected chi connectivity index (χ1v) is 5.97. The van der Waals surface area contributed by atoms with E-state index in [1.165, 1.54) is 24.0 Å². The van der Waals surface area contributed by atoms with Gasteiger partial charge in [-0.2, -0.15) is 0 Å². The van der Waals surface area contributed by atoms with Crippen LogP contribution >= 0.6 is 0 Å². The van der Waals surface area contributed by atoms with Crippen molar-refractivity contribution in [2.24, 2.45) is 5.92 Å². The molecular weight excluding hydrogens is 184 g/mol. The number of aromatic nitrogens is 1. The second-order valence-corrected chi connectivity index (χ2v) is 5.24. The molecule has 3 rings (SSSR count). The van der Waals surface area contributed by atoms with Gasteiger partial charge in [0.15, 0.2) is 0 Å². The van der Waals surface area contributed by atoms with E-state index in [0.29, 0.717) is 5.41 Å². The fourth-order valence-electron chi connectivity index (χ4n) is 3.23. The van der Waals surface area contributed by atoms with Crippen LogP contribution in [0.25, 0.3) is 0 Å². The SMILES string of the molecule is CCc1cnc2c(c1)C1(CN2)CC(C)C1. The Kier molecular flexibility index (Phi) is 1.82. The molecule has 0 amide bonds. The van der Waals surface area contributed by atoms with Crippen molar-refractivity contribution in [3.05, 3.63) is 23.4 Å². The highest BCUT2D eigenvalue weighted by Crippen LogP contribution is 2.52. The molecule has 1 spiro atoms. The van der Waals surface area contributed by atoms with Crippen molar-refractivity contribution in [3.63, 3.8) is 0 Å². The molecule has 0 atom stereocenters. The van der Waals surface area contributed by atoms with Crippen LogP contribution < -0.4 is 5.32 Å². The van der Waals surface area contributed by atoms with Crippen molar-refractivity contribution < 1.29 is 0 Å². The Labute approximate surface area is 91.1 Å². The molecule has 80 valence electrons. The summed E-state index contributed by atoms with van der Waals surface area (Å²) in [6, 6.07) is 2.37. The Morgan fingerprint density at radius 2 is 2.33 bits per heavy atom. The van der Waals surface area contributed by atoms with Crippen molar-refractivity contribution in [1.29, 1.82) is 0 Å². The molecule has 1 aromatic heterocycles. The normalized spacial score (nSPS) is 32.3. The van der Waals surface area contributed by atoms with Gasteiger partial charge in [-0.25, -0.2) is 4.98 Å². The average molecular weight is 202 g/mol. The molecule has 1 fully saturated rings. The third-order valence-corrected chi connectivity index (χ3v) is 4.00. The number of anilines is 1. The van der Waals surface area contributed by atoms with E-state index >= 15 is 0 Å². The van der Waals surface area contributed by atoms with Crippen LogP contribution in [-0.2, 0) is 11.8 Å². The lowest BCUT2D eigenvalue weighted by Crippen LogP contribution is -2.41. The number of hydrogen-bond acceptors (Lipinski definition) is 2. The molecule has 1 aromatic rings. The number of nitrogens with zero attached hydrogens (tertiary/aromatic N) is 1. The number of fused-ring (bicyclic) bond motifs is 2. The molecule has 2 heterocycles. The molecule has 15 heavy (non-hydrogen) atoms. The van der Waals surface area contributed by atoms with Crippen LogP contribution in [0, 0.1) is 5.92 Å². The number of hydrogen-bond donors (Lipinski definition) is 1. The first-order valence-electron chi connectivity index (χ1n) is 5.97. The van der Waals surface area contributed by atoms with Gasteiger partial charge in [-0.05, 0) is 36.8 Å². The van der Waals surface area contributed by atoms with Gasteiger partial charge in [0, 0.05) is 23.7 Å². The summed E-state index contributed by atoms with van der Waals surface area (Å²) in [6.07, 6.45) is 5.77. The van der Waals surface area contributed by atoms with Gasteiger partial charge in [-0.15, -0.1) is 0 Å². The summed E-state index contributed by atoms with van der Waals surface area (Å²) in [5.74, 6) is 2.03. The molecule has 0 aromatic carbocycles. The lowest BCUT2D eigenvalue weighted by molar-refractivity contribution is 0.178.